The van der Waals surface area contributed by atoms with Crippen molar-refractivity contribution < 1.29 is 4.42 Å². The maximum absolute atomic E-state index is 5.48. The van der Waals surface area contributed by atoms with Gasteiger partial charge in [0.2, 0.25) is 5.95 Å². The first-order chi connectivity index (χ1) is 15.7. The summed E-state index contributed by atoms with van der Waals surface area (Å²) in [6, 6.07) is 14.3. The van der Waals surface area contributed by atoms with Gasteiger partial charge in [0.05, 0.1) is 12.8 Å². The minimum atomic E-state index is 0.736. The summed E-state index contributed by atoms with van der Waals surface area (Å²) in [5.41, 5.74) is 2.58. The lowest BCUT2D eigenvalue weighted by atomic mass is 10.1. The second-order valence-electron chi connectivity index (χ2n) is 7.94. The lowest BCUT2D eigenvalue weighted by Gasteiger charge is -2.36. The highest BCUT2D eigenvalue weighted by Gasteiger charge is 2.21. The van der Waals surface area contributed by atoms with Crippen LogP contribution in [0.3, 0.4) is 0 Å². The van der Waals surface area contributed by atoms with Gasteiger partial charge in [-0.2, -0.15) is 0 Å². The summed E-state index contributed by atoms with van der Waals surface area (Å²) in [5, 5.41) is 3.56. The van der Waals surface area contributed by atoms with Crippen LogP contribution in [0.15, 0.2) is 70.5 Å². The molecule has 168 valence electrons. The average molecular weight is 434 g/mol. The van der Waals surface area contributed by atoms with Gasteiger partial charge in [0.1, 0.15) is 5.76 Å². The number of anilines is 1. The summed E-state index contributed by atoms with van der Waals surface area (Å²) in [4.78, 5) is 20.0. The van der Waals surface area contributed by atoms with Crippen LogP contribution in [0.4, 0.5) is 5.95 Å². The Morgan fingerprint density at radius 2 is 1.75 bits per heavy atom. The highest BCUT2D eigenvalue weighted by Crippen LogP contribution is 2.14. The Kier molecular flexibility index (Phi) is 7.34. The Morgan fingerprint density at radius 3 is 2.44 bits per heavy atom. The van der Waals surface area contributed by atoms with E-state index >= 15 is 0 Å². The molecule has 0 amide bonds. The number of hydrogen-bond donors (Lipinski definition) is 1. The van der Waals surface area contributed by atoms with Gasteiger partial charge in [-0.15, -0.1) is 0 Å². The third-order valence-corrected chi connectivity index (χ3v) is 5.63. The lowest BCUT2D eigenvalue weighted by Crippen LogP contribution is -2.52. The highest BCUT2D eigenvalue weighted by molar-refractivity contribution is 5.80. The zero-order valence-electron chi connectivity index (χ0n) is 18.8. The van der Waals surface area contributed by atoms with Crippen LogP contribution in [-0.2, 0) is 19.6 Å². The van der Waals surface area contributed by atoms with E-state index in [0.717, 1.165) is 63.5 Å². The predicted octanol–water partition coefficient (Wildman–Crippen LogP) is 2.60. The number of guanidine groups is 1. The monoisotopic (exact) mass is 433 g/mol. The number of aliphatic imine (C=N–C) groups is 1. The number of aromatic nitrogens is 2. The van der Waals surface area contributed by atoms with Crippen molar-refractivity contribution in [2.75, 3.05) is 45.2 Å². The van der Waals surface area contributed by atoms with Gasteiger partial charge in [-0.3, -0.25) is 9.89 Å². The van der Waals surface area contributed by atoms with Gasteiger partial charge < -0.3 is 19.5 Å². The smallest absolute Gasteiger partial charge is 0.225 e. The van der Waals surface area contributed by atoms with Crippen LogP contribution < -0.4 is 10.2 Å². The lowest BCUT2D eigenvalue weighted by molar-refractivity contribution is 0.287. The summed E-state index contributed by atoms with van der Waals surface area (Å²) >= 11 is 0. The molecule has 1 fully saturated rings. The SMILES string of the molecule is CN=C(NCc1ccccc1CN(C)Cc1ccco1)N1CCN(c2ncccn2)CC1. The van der Waals surface area contributed by atoms with E-state index in [2.05, 4.69) is 66.3 Å². The van der Waals surface area contributed by atoms with Crippen molar-refractivity contribution in [3.8, 4) is 0 Å². The first kappa shape index (κ1) is 21.8. The van der Waals surface area contributed by atoms with Crippen LogP contribution in [-0.4, -0.2) is 66.0 Å². The largest absolute Gasteiger partial charge is 0.468 e. The van der Waals surface area contributed by atoms with Crippen molar-refractivity contribution in [3.05, 3.63) is 78.0 Å². The van der Waals surface area contributed by atoms with Crippen molar-refractivity contribution in [1.82, 2.24) is 25.1 Å². The average Bonchev–Trinajstić information content (AvgIpc) is 3.34. The van der Waals surface area contributed by atoms with Crippen molar-refractivity contribution in [3.63, 3.8) is 0 Å². The van der Waals surface area contributed by atoms with E-state index in [9.17, 15) is 0 Å². The van der Waals surface area contributed by atoms with Crippen molar-refractivity contribution in [2.45, 2.75) is 19.6 Å². The van der Waals surface area contributed by atoms with E-state index in [1.54, 1.807) is 18.7 Å². The van der Waals surface area contributed by atoms with Crippen molar-refractivity contribution in [1.29, 1.82) is 0 Å². The second kappa shape index (κ2) is 10.8. The van der Waals surface area contributed by atoms with E-state index in [0.29, 0.717) is 0 Å². The molecule has 0 atom stereocenters. The molecule has 0 aliphatic carbocycles. The number of nitrogens with one attached hydrogen (secondary N) is 1. The van der Waals surface area contributed by atoms with Crippen LogP contribution in [0.2, 0.25) is 0 Å². The number of hydrogen-bond acceptors (Lipinski definition) is 6. The van der Waals surface area contributed by atoms with E-state index in [1.165, 1.54) is 11.1 Å². The van der Waals surface area contributed by atoms with Crippen LogP contribution >= 0.6 is 0 Å². The quantitative estimate of drug-likeness (QED) is 0.454. The topological polar surface area (TPSA) is 73.0 Å². The number of benzene rings is 1. The van der Waals surface area contributed by atoms with Crippen LogP contribution in [0, 0.1) is 0 Å². The summed E-state index contributed by atoms with van der Waals surface area (Å²) in [5.74, 6) is 2.70. The molecular weight excluding hydrogens is 402 g/mol. The Morgan fingerprint density at radius 1 is 1.00 bits per heavy atom. The van der Waals surface area contributed by atoms with Crippen LogP contribution in [0.25, 0.3) is 0 Å². The number of furan rings is 1. The molecule has 1 aliphatic rings. The molecule has 8 heteroatoms. The Bertz CT molecular complexity index is 983. The molecule has 2 aromatic heterocycles. The molecule has 3 aromatic rings. The number of rotatable bonds is 7. The first-order valence-electron chi connectivity index (χ1n) is 11.0. The molecule has 8 nitrogen and oxygen atoms in total. The molecule has 3 heterocycles. The summed E-state index contributed by atoms with van der Waals surface area (Å²) < 4.78 is 5.48. The molecule has 1 aliphatic heterocycles. The molecule has 1 saturated heterocycles. The Hall–Kier alpha value is -3.39. The first-order valence-corrected chi connectivity index (χ1v) is 11.0. The van der Waals surface area contributed by atoms with Gasteiger partial charge >= 0.3 is 0 Å². The normalized spacial score (nSPS) is 14.8. The van der Waals surface area contributed by atoms with Crippen molar-refractivity contribution >= 4 is 11.9 Å². The molecule has 0 bridgehead atoms. The van der Waals surface area contributed by atoms with E-state index in [1.807, 2.05) is 25.2 Å². The fraction of sp³-hybridized carbons (Fsp3) is 0.375. The van der Waals surface area contributed by atoms with Gasteiger partial charge in [0, 0.05) is 58.7 Å². The standard InChI is InChI=1S/C24H31N7O/c1-25-23(30-12-14-31(15-13-30)24-26-10-6-11-27-24)28-17-20-7-3-4-8-21(20)18-29(2)19-22-9-5-16-32-22/h3-11,16H,12-15,17-19H2,1-2H3,(H,25,28). The minimum absolute atomic E-state index is 0.736. The number of nitrogens with zero attached hydrogens (tertiary/aromatic N) is 6. The summed E-state index contributed by atoms with van der Waals surface area (Å²) in [6.07, 6.45) is 5.30. The van der Waals surface area contributed by atoms with E-state index < -0.39 is 0 Å². The Balaban J connectivity index is 1.32. The molecule has 0 unspecified atom stereocenters. The zero-order valence-corrected chi connectivity index (χ0v) is 18.8. The molecule has 4 rings (SSSR count). The summed E-state index contributed by atoms with van der Waals surface area (Å²) in [6.45, 7) is 5.88. The summed E-state index contributed by atoms with van der Waals surface area (Å²) in [7, 11) is 3.96. The van der Waals surface area contributed by atoms with Gasteiger partial charge in [-0.1, -0.05) is 24.3 Å². The fourth-order valence-electron chi connectivity index (χ4n) is 3.98. The highest BCUT2D eigenvalue weighted by atomic mass is 16.3. The third kappa shape index (κ3) is 5.64. The maximum Gasteiger partial charge on any atom is 0.225 e. The van der Waals surface area contributed by atoms with Crippen LogP contribution in [0.5, 0.6) is 0 Å². The Labute approximate surface area is 189 Å². The molecule has 0 spiro atoms. The predicted molar refractivity (Wildman–Crippen MR) is 126 cm³/mol. The minimum Gasteiger partial charge on any atom is -0.468 e. The van der Waals surface area contributed by atoms with Crippen LogP contribution in [0.1, 0.15) is 16.9 Å². The van der Waals surface area contributed by atoms with Crippen molar-refractivity contribution in [2.24, 2.45) is 4.99 Å². The molecule has 0 saturated carbocycles. The molecule has 0 radical (unpaired) electrons. The second-order valence-corrected chi connectivity index (χ2v) is 7.94. The third-order valence-electron chi connectivity index (χ3n) is 5.63. The maximum atomic E-state index is 5.48. The van der Waals surface area contributed by atoms with Gasteiger partial charge in [-0.25, -0.2) is 9.97 Å². The fourth-order valence-corrected chi connectivity index (χ4v) is 3.98. The molecule has 1 N–H and O–H groups in total. The van der Waals surface area contributed by atoms with E-state index in [-0.39, 0.29) is 0 Å². The molecular formula is C24H31N7O. The zero-order chi connectivity index (χ0) is 22.2. The number of piperazine rings is 1. The van der Waals surface area contributed by atoms with Gasteiger partial charge in [-0.05, 0) is 36.4 Å². The molecule has 32 heavy (non-hydrogen) atoms. The molecule has 1 aromatic carbocycles. The van der Waals surface area contributed by atoms with Gasteiger partial charge in [0.15, 0.2) is 5.96 Å². The van der Waals surface area contributed by atoms with E-state index in [4.69, 9.17) is 4.42 Å². The van der Waals surface area contributed by atoms with Gasteiger partial charge in [0.25, 0.3) is 0 Å².